The summed E-state index contributed by atoms with van der Waals surface area (Å²) in [5.74, 6) is -0.168. The van der Waals surface area contributed by atoms with Crippen LogP contribution < -0.4 is 5.32 Å². The molecule has 3 aromatic heterocycles. The van der Waals surface area contributed by atoms with E-state index in [2.05, 4.69) is 15.4 Å². The molecule has 1 aliphatic rings. The Balaban J connectivity index is 1.46. The van der Waals surface area contributed by atoms with Crippen LogP contribution in [0.25, 0.3) is 5.65 Å². The molecule has 1 aliphatic heterocycles. The molecule has 1 atom stereocenters. The summed E-state index contributed by atoms with van der Waals surface area (Å²) in [6.45, 7) is 3.17. The Hall–Kier alpha value is -2.74. The molecular formula is C18H19N5O2S. The first-order chi connectivity index (χ1) is 12.6. The third kappa shape index (κ3) is 3.20. The lowest BCUT2D eigenvalue weighted by Gasteiger charge is -2.32. The number of nitrogens with one attached hydrogen (secondary N) is 1. The first-order valence-electron chi connectivity index (χ1n) is 8.55. The van der Waals surface area contributed by atoms with Gasteiger partial charge in [-0.15, -0.1) is 11.3 Å². The predicted octanol–water partition coefficient (Wildman–Crippen LogP) is 2.13. The van der Waals surface area contributed by atoms with Gasteiger partial charge in [0, 0.05) is 31.5 Å². The minimum atomic E-state index is -0.202. The number of carbonyl (C=O) groups is 2. The maximum absolute atomic E-state index is 12.7. The van der Waals surface area contributed by atoms with Gasteiger partial charge in [0.2, 0.25) is 0 Å². The second-order valence-electron chi connectivity index (χ2n) is 6.50. The quantitative estimate of drug-likeness (QED) is 0.767. The highest BCUT2D eigenvalue weighted by Crippen LogP contribution is 2.18. The molecule has 0 saturated carbocycles. The predicted molar refractivity (Wildman–Crippen MR) is 98.4 cm³/mol. The Morgan fingerprint density at radius 2 is 2.23 bits per heavy atom. The minimum Gasteiger partial charge on any atom is -0.347 e. The fourth-order valence-electron chi connectivity index (χ4n) is 3.23. The van der Waals surface area contributed by atoms with Crippen molar-refractivity contribution in [3.8, 4) is 0 Å². The summed E-state index contributed by atoms with van der Waals surface area (Å²) in [6, 6.07) is 3.64. The van der Waals surface area contributed by atoms with E-state index in [0.717, 1.165) is 29.8 Å². The van der Waals surface area contributed by atoms with Gasteiger partial charge in [0.1, 0.15) is 5.56 Å². The topological polar surface area (TPSA) is 79.6 Å². The summed E-state index contributed by atoms with van der Waals surface area (Å²) in [5.41, 5.74) is 1.96. The molecule has 8 heteroatoms. The van der Waals surface area contributed by atoms with Gasteiger partial charge in [-0.3, -0.25) is 9.59 Å². The molecule has 0 aromatic carbocycles. The van der Waals surface area contributed by atoms with Gasteiger partial charge in [0.15, 0.2) is 5.65 Å². The highest BCUT2D eigenvalue weighted by atomic mass is 32.1. The maximum Gasteiger partial charge on any atom is 0.263 e. The van der Waals surface area contributed by atoms with E-state index in [0.29, 0.717) is 17.8 Å². The Kier molecular flexibility index (Phi) is 4.42. The van der Waals surface area contributed by atoms with Crippen molar-refractivity contribution in [1.82, 2.24) is 24.8 Å². The van der Waals surface area contributed by atoms with Crippen LogP contribution in [0.15, 0.2) is 36.1 Å². The summed E-state index contributed by atoms with van der Waals surface area (Å²) >= 11 is 1.44. The van der Waals surface area contributed by atoms with Crippen LogP contribution in [0.2, 0.25) is 0 Å². The number of hydrogen-bond donors (Lipinski definition) is 1. The molecule has 0 radical (unpaired) electrons. The van der Waals surface area contributed by atoms with E-state index in [4.69, 9.17) is 0 Å². The van der Waals surface area contributed by atoms with Crippen LogP contribution in [0, 0.1) is 6.92 Å². The first-order valence-corrected chi connectivity index (χ1v) is 9.43. The summed E-state index contributed by atoms with van der Waals surface area (Å²) < 4.78 is 1.61. The number of amides is 2. The van der Waals surface area contributed by atoms with Gasteiger partial charge in [0.05, 0.1) is 11.1 Å². The van der Waals surface area contributed by atoms with Crippen molar-refractivity contribution < 1.29 is 9.59 Å². The highest BCUT2D eigenvalue weighted by Gasteiger charge is 2.27. The Morgan fingerprint density at radius 3 is 3.04 bits per heavy atom. The Labute approximate surface area is 154 Å². The molecule has 1 N–H and O–H groups in total. The van der Waals surface area contributed by atoms with Crippen LogP contribution >= 0.6 is 11.3 Å². The zero-order chi connectivity index (χ0) is 18.1. The van der Waals surface area contributed by atoms with Gasteiger partial charge in [-0.25, -0.2) is 9.50 Å². The number of fused-ring (bicyclic) bond motifs is 1. The maximum atomic E-state index is 12.7. The molecule has 1 fully saturated rings. The summed E-state index contributed by atoms with van der Waals surface area (Å²) in [7, 11) is 0. The van der Waals surface area contributed by atoms with Gasteiger partial charge in [-0.05, 0) is 36.8 Å². The smallest absolute Gasteiger partial charge is 0.263 e. The molecule has 2 amide bonds. The molecule has 3 aromatic rings. The van der Waals surface area contributed by atoms with Crippen molar-refractivity contribution in [3.05, 3.63) is 52.1 Å². The summed E-state index contributed by atoms with van der Waals surface area (Å²) in [5, 5.41) is 9.14. The fourth-order valence-corrected chi connectivity index (χ4v) is 3.92. The van der Waals surface area contributed by atoms with E-state index in [-0.39, 0.29) is 17.9 Å². The first kappa shape index (κ1) is 16.7. The van der Waals surface area contributed by atoms with Crippen molar-refractivity contribution in [2.75, 3.05) is 13.1 Å². The minimum absolute atomic E-state index is 0.0343. The molecule has 0 unspecified atom stereocenters. The number of hydrogen-bond acceptors (Lipinski definition) is 5. The van der Waals surface area contributed by atoms with Crippen LogP contribution in [0.5, 0.6) is 0 Å². The van der Waals surface area contributed by atoms with E-state index < -0.39 is 0 Å². The van der Waals surface area contributed by atoms with Crippen molar-refractivity contribution in [2.45, 2.75) is 25.8 Å². The van der Waals surface area contributed by atoms with Crippen LogP contribution in [0.4, 0.5) is 0 Å². The molecule has 26 heavy (non-hydrogen) atoms. The number of aryl methyl sites for hydroxylation is 1. The van der Waals surface area contributed by atoms with Crippen molar-refractivity contribution in [1.29, 1.82) is 0 Å². The van der Waals surface area contributed by atoms with E-state index in [1.165, 1.54) is 17.5 Å². The molecule has 1 saturated heterocycles. The number of piperidine rings is 1. The van der Waals surface area contributed by atoms with Crippen LogP contribution in [0.1, 0.15) is 38.4 Å². The molecule has 4 heterocycles. The third-order valence-corrected chi connectivity index (χ3v) is 5.36. The normalized spacial score (nSPS) is 17.4. The summed E-state index contributed by atoms with van der Waals surface area (Å²) in [4.78, 5) is 32.1. The van der Waals surface area contributed by atoms with Gasteiger partial charge in [-0.1, -0.05) is 6.07 Å². The van der Waals surface area contributed by atoms with Crippen LogP contribution in [-0.2, 0) is 0 Å². The number of rotatable bonds is 3. The summed E-state index contributed by atoms with van der Waals surface area (Å²) in [6.07, 6.45) is 6.81. The van der Waals surface area contributed by atoms with E-state index in [9.17, 15) is 9.59 Å². The lowest BCUT2D eigenvalue weighted by molar-refractivity contribution is 0.0680. The average Bonchev–Trinajstić information content (AvgIpc) is 3.30. The van der Waals surface area contributed by atoms with Gasteiger partial charge < -0.3 is 10.2 Å². The molecular weight excluding hydrogens is 350 g/mol. The molecule has 0 bridgehead atoms. The lowest BCUT2D eigenvalue weighted by Crippen LogP contribution is -2.49. The largest absolute Gasteiger partial charge is 0.347 e. The zero-order valence-corrected chi connectivity index (χ0v) is 15.2. The Bertz CT molecular complexity index is 950. The number of likely N-dealkylation sites (tertiary alicyclic amines) is 1. The Morgan fingerprint density at radius 1 is 1.35 bits per heavy atom. The number of nitrogens with zero attached hydrogens (tertiary/aromatic N) is 4. The van der Waals surface area contributed by atoms with E-state index in [1.54, 1.807) is 10.7 Å². The van der Waals surface area contributed by atoms with E-state index >= 15 is 0 Å². The second kappa shape index (κ2) is 6.87. The molecule has 0 spiro atoms. The lowest BCUT2D eigenvalue weighted by atomic mass is 10.0. The molecule has 134 valence electrons. The van der Waals surface area contributed by atoms with Gasteiger partial charge in [-0.2, -0.15) is 5.10 Å². The zero-order valence-electron chi connectivity index (χ0n) is 14.4. The third-order valence-electron chi connectivity index (χ3n) is 4.51. The number of aromatic nitrogens is 3. The fraction of sp³-hybridized carbons (Fsp3) is 0.333. The molecule has 7 nitrogen and oxygen atoms in total. The molecule has 0 aliphatic carbocycles. The second-order valence-corrected chi connectivity index (χ2v) is 7.45. The number of carbonyl (C=O) groups excluding carboxylic acids is 2. The SMILES string of the molecule is Cc1cnc2c(C(=O)N[C@@H]3CCCN(C(=O)c4cccs4)C3)cnn2c1. The standard InChI is InChI=1S/C18H19N5O2S/c1-12-8-19-16-14(9-20-23(16)10-12)17(24)21-13-4-2-6-22(11-13)18(25)15-5-3-7-26-15/h3,5,7-10,13H,2,4,6,11H2,1H3,(H,21,24)/t13-/m1/s1. The molecule has 4 rings (SSSR count). The van der Waals surface area contributed by atoms with Gasteiger partial charge in [0.25, 0.3) is 11.8 Å². The van der Waals surface area contributed by atoms with Crippen molar-refractivity contribution in [2.24, 2.45) is 0 Å². The van der Waals surface area contributed by atoms with Gasteiger partial charge >= 0.3 is 0 Å². The van der Waals surface area contributed by atoms with Crippen LogP contribution in [-0.4, -0.2) is 50.4 Å². The van der Waals surface area contributed by atoms with Crippen molar-refractivity contribution in [3.63, 3.8) is 0 Å². The highest BCUT2D eigenvalue weighted by molar-refractivity contribution is 7.12. The van der Waals surface area contributed by atoms with E-state index in [1.807, 2.05) is 35.5 Å². The monoisotopic (exact) mass is 369 g/mol. The average molecular weight is 369 g/mol. The van der Waals surface area contributed by atoms with Crippen LogP contribution in [0.3, 0.4) is 0 Å². The number of thiophene rings is 1. The van der Waals surface area contributed by atoms with Crippen molar-refractivity contribution >= 4 is 28.8 Å².